The molecule has 0 unspecified atom stereocenters. The van der Waals surface area contributed by atoms with E-state index in [1.807, 2.05) is 0 Å². The molecule has 0 saturated carbocycles. The van der Waals surface area contributed by atoms with Crippen LogP contribution >= 0.6 is 43.5 Å². The molecule has 20 heavy (non-hydrogen) atoms. The Kier molecular flexibility index (Phi) is 5.18. The van der Waals surface area contributed by atoms with Crippen molar-refractivity contribution in [2.75, 3.05) is 0 Å². The third kappa shape index (κ3) is 3.59. The minimum absolute atomic E-state index is 0.0754. The van der Waals surface area contributed by atoms with Crippen molar-refractivity contribution in [3.8, 4) is 5.75 Å². The van der Waals surface area contributed by atoms with Crippen LogP contribution in [0.15, 0.2) is 39.3 Å². The summed E-state index contributed by atoms with van der Waals surface area (Å²) in [4.78, 5) is 10.7. The molecule has 2 aromatic carbocycles. The van der Waals surface area contributed by atoms with Gasteiger partial charge in [0.2, 0.25) is 0 Å². The average Bonchev–Trinajstić information content (AvgIpc) is 2.41. The molecule has 6 heteroatoms. The number of hydrogen-bond donors (Lipinski definition) is 0. The van der Waals surface area contributed by atoms with Gasteiger partial charge in [-0.3, -0.25) is 4.79 Å². The SMILES string of the molecule is O=Cc1cc(Br)c(OCc2ccc(Cl)c(F)c2)c(Br)c1. The lowest BCUT2D eigenvalue weighted by atomic mass is 10.2. The molecule has 2 rings (SSSR count). The summed E-state index contributed by atoms with van der Waals surface area (Å²) in [7, 11) is 0. The molecular formula is C14H8Br2ClFO2. The maximum Gasteiger partial charge on any atom is 0.150 e. The van der Waals surface area contributed by atoms with Gasteiger partial charge in [0.1, 0.15) is 24.5 Å². The Morgan fingerprint density at radius 1 is 1.20 bits per heavy atom. The van der Waals surface area contributed by atoms with Crippen LogP contribution in [0.3, 0.4) is 0 Å². The third-order valence-electron chi connectivity index (χ3n) is 2.52. The average molecular weight is 422 g/mol. The second kappa shape index (κ2) is 6.70. The molecule has 0 aliphatic carbocycles. The Hall–Kier alpha value is -0.910. The number of ether oxygens (including phenoxy) is 1. The van der Waals surface area contributed by atoms with E-state index in [0.29, 0.717) is 25.8 Å². The van der Waals surface area contributed by atoms with Gasteiger partial charge in [0.05, 0.1) is 14.0 Å². The van der Waals surface area contributed by atoms with Crippen LogP contribution in [-0.2, 0) is 6.61 Å². The van der Waals surface area contributed by atoms with Gasteiger partial charge in [0.15, 0.2) is 0 Å². The van der Waals surface area contributed by atoms with Crippen LogP contribution in [0.2, 0.25) is 5.02 Å². The van der Waals surface area contributed by atoms with E-state index < -0.39 is 5.82 Å². The lowest BCUT2D eigenvalue weighted by Crippen LogP contribution is -1.98. The molecule has 104 valence electrons. The number of halogens is 4. The van der Waals surface area contributed by atoms with Gasteiger partial charge in [-0.2, -0.15) is 0 Å². The molecule has 2 aromatic rings. The highest BCUT2D eigenvalue weighted by atomic mass is 79.9. The van der Waals surface area contributed by atoms with Gasteiger partial charge in [0.25, 0.3) is 0 Å². The van der Waals surface area contributed by atoms with Gasteiger partial charge in [-0.25, -0.2) is 4.39 Å². The minimum Gasteiger partial charge on any atom is -0.487 e. The molecule has 0 amide bonds. The Morgan fingerprint density at radius 2 is 1.85 bits per heavy atom. The van der Waals surface area contributed by atoms with Gasteiger partial charge in [0, 0.05) is 5.56 Å². The van der Waals surface area contributed by atoms with Crippen LogP contribution in [0.25, 0.3) is 0 Å². The summed E-state index contributed by atoms with van der Waals surface area (Å²) >= 11 is 12.3. The zero-order valence-electron chi connectivity index (χ0n) is 10.00. The minimum atomic E-state index is -0.484. The van der Waals surface area contributed by atoms with Crippen molar-refractivity contribution in [2.45, 2.75) is 6.61 Å². The van der Waals surface area contributed by atoms with Crippen LogP contribution in [0, 0.1) is 5.82 Å². The Labute approximate surface area is 137 Å². The van der Waals surface area contributed by atoms with Crippen molar-refractivity contribution in [3.05, 3.63) is 61.2 Å². The Balaban J connectivity index is 2.18. The van der Waals surface area contributed by atoms with Crippen molar-refractivity contribution in [2.24, 2.45) is 0 Å². The second-order valence-corrected chi connectivity index (χ2v) is 6.08. The van der Waals surface area contributed by atoms with Gasteiger partial charge in [-0.05, 0) is 61.7 Å². The van der Waals surface area contributed by atoms with E-state index in [9.17, 15) is 9.18 Å². The molecular weight excluding hydrogens is 414 g/mol. The number of aldehydes is 1. The molecule has 0 aromatic heterocycles. The number of carbonyl (C=O) groups is 1. The van der Waals surface area contributed by atoms with Gasteiger partial charge < -0.3 is 4.74 Å². The molecule has 0 aliphatic rings. The first-order chi connectivity index (χ1) is 9.51. The van der Waals surface area contributed by atoms with E-state index in [1.165, 1.54) is 12.1 Å². The quantitative estimate of drug-likeness (QED) is 0.617. The highest BCUT2D eigenvalue weighted by Crippen LogP contribution is 2.35. The number of benzene rings is 2. The van der Waals surface area contributed by atoms with Crippen LogP contribution in [0.5, 0.6) is 5.75 Å². The van der Waals surface area contributed by atoms with Crippen molar-refractivity contribution in [3.63, 3.8) is 0 Å². The summed E-state index contributed by atoms with van der Waals surface area (Å²) in [6, 6.07) is 7.79. The van der Waals surface area contributed by atoms with E-state index in [2.05, 4.69) is 31.9 Å². The van der Waals surface area contributed by atoms with Gasteiger partial charge in [-0.1, -0.05) is 17.7 Å². The summed E-state index contributed by atoms with van der Waals surface area (Å²) in [6.45, 7) is 0.186. The zero-order chi connectivity index (χ0) is 14.7. The van der Waals surface area contributed by atoms with Crippen molar-refractivity contribution in [1.82, 2.24) is 0 Å². The first-order valence-electron chi connectivity index (χ1n) is 5.52. The van der Waals surface area contributed by atoms with Crippen LogP contribution in [-0.4, -0.2) is 6.29 Å². The predicted molar refractivity (Wildman–Crippen MR) is 83.0 cm³/mol. The van der Waals surface area contributed by atoms with Crippen molar-refractivity contribution >= 4 is 49.7 Å². The highest BCUT2D eigenvalue weighted by molar-refractivity contribution is 9.11. The summed E-state index contributed by atoms with van der Waals surface area (Å²) in [5.74, 6) is 0.0631. The fourth-order valence-corrected chi connectivity index (χ4v) is 3.14. The third-order valence-corrected chi connectivity index (χ3v) is 4.01. The van der Waals surface area contributed by atoms with E-state index in [1.54, 1.807) is 18.2 Å². The zero-order valence-corrected chi connectivity index (χ0v) is 13.9. The van der Waals surface area contributed by atoms with E-state index in [0.717, 1.165) is 6.29 Å². The van der Waals surface area contributed by atoms with Crippen LogP contribution in [0.4, 0.5) is 4.39 Å². The molecule has 0 saturated heterocycles. The second-order valence-electron chi connectivity index (χ2n) is 3.97. The molecule has 0 radical (unpaired) electrons. The summed E-state index contributed by atoms with van der Waals surface area (Å²) in [5.41, 5.74) is 1.18. The summed E-state index contributed by atoms with van der Waals surface area (Å²) in [5, 5.41) is 0.0754. The molecule has 2 nitrogen and oxygen atoms in total. The molecule has 0 bridgehead atoms. The lowest BCUT2D eigenvalue weighted by Gasteiger charge is -2.11. The first-order valence-corrected chi connectivity index (χ1v) is 7.48. The maximum atomic E-state index is 13.3. The topological polar surface area (TPSA) is 26.3 Å². The predicted octanol–water partition coefficient (Wildman–Crippen LogP) is 5.40. The normalized spacial score (nSPS) is 10.4. The maximum absolute atomic E-state index is 13.3. The number of hydrogen-bond acceptors (Lipinski definition) is 2. The first kappa shape index (κ1) is 15.5. The van der Waals surface area contributed by atoms with E-state index >= 15 is 0 Å². The number of carbonyl (C=O) groups excluding carboxylic acids is 1. The fraction of sp³-hybridized carbons (Fsp3) is 0.0714. The smallest absolute Gasteiger partial charge is 0.150 e. The molecule has 0 heterocycles. The van der Waals surface area contributed by atoms with Crippen LogP contribution < -0.4 is 4.74 Å². The Bertz CT molecular complexity index is 639. The molecule has 0 N–H and O–H groups in total. The van der Waals surface area contributed by atoms with Gasteiger partial charge in [-0.15, -0.1) is 0 Å². The molecule has 0 aliphatic heterocycles. The summed E-state index contributed by atoms with van der Waals surface area (Å²) < 4.78 is 20.2. The highest BCUT2D eigenvalue weighted by Gasteiger charge is 2.10. The van der Waals surface area contributed by atoms with E-state index in [-0.39, 0.29) is 11.6 Å². The Morgan fingerprint density at radius 3 is 2.40 bits per heavy atom. The largest absolute Gasteiger partial charge is 0.487 e. The fourth-order valence-electron chi connectivity index (χ4n) is 1.57. The standard InChI is InChI=1S/C14H8Br2ClFO2/c15-10-3-9(6-19)4-11(16)14(10)20-7-8-1-2-12(17)13(18)5-8/h1-6H,7H2. The monoisotopic (exact) mass is 420 g/mol. The molecule has 0 spiro atoms. The lowest BCUT2D eigenvalue weighted by molar-refractivity contribution is 0.112. The van der Waals surface area contributed by atoms with Gasteiger partial charge >= 0.3 is 0 Å². The van der Waals surface area contributed by atoms with Crippen LogP contribution in [0.1, 0.15) is 15.9 Å². The summed E-state index contributed by atoms with van der Waals surface area (Å²) in [6.07, 6.45) is 0.744. The molecule has 0 atom stereocenters. The van der Waals surface area contributed by atoms with Crippen molar-refractivity contribution in [1.29, 1.82) is 0 Å². The molecule has 0 fully saturated rings. The van der Waals surface area contributed by atoms with E-state index in [4.69, 9.17) is 16.3 Å². The number of rotatable bonds is 4. The van der Waals surface area contributed by atoms with Crippen molar-refractivity contribution < 1.29 is 13.9 Å².